The van der Waals surface area contributed by atoms with Gasteiger partial charge in [-0.05, 0) is 13.3 Å². The topological polar surface area (TPSA) is 66.8 Å². The maximum Gasteiger partial charge on any atom is 0.340 e. The summed E-state index contributed by atoms with van der Waals surface area (Å²) in [4.78, 5) is 11.1. The molecule has 0 radical (unpaired) electrons. The van der Waals surface area contributed by atoms with Gasteiger partial charge in [0, 0.05) is 0 Å². The van der Waals surface area contributed by atoms with Gasteiger partial charge in [0.15, 0.2) is 5.60 Å². The summed E-state index contributed by atoms with van der Waals surface area (Å²) in [6.45, 7) is 3.32. The van der Waals surface area contributed by atoms with Crippen LogP contribution in [0.4, 0.5) is 0 Å². The molecule has 0 aromatic rings. The Morgan fingerprint density at radius 1 is 1.50 bits per heavy atom. The lowest BCUT2D eigenvalue weighted by atomic mass is 9.94. The van der Waals surface area contributed by atoms with Crippen LogP contribution >= 0.6 is 0 Å². The molecule has 0 amide bonds. The number of methoxy groups -OCH3 is 1. The number of unbranched alkanes of at least 4 members (excludes halogenated alkanes) is 2. The molecule has 0 rings (SSSR count). The molecule has 2 N–H and O–H groups in total. The van der Waals surface area contributed by atoms with Crippen LogP contribution in [0.15, 0.2) is 0 Å². The third kappa shape index (κ3) is 3.64. The summed E-state index contributed by atoms with van der Waals surface area (Å²) in [5, 5.41) is 19.2. The first-order valence-electron chi connectivity index (χ1n) is 4.95. The van der Waals surface area contributed by atoms with Crippen LogP contribution in [0.1, 0.15) is 39.5 Å². The number of ether oxygens (including phenoxy) is 1. The van der Waals surface area contributed by atoms with Crippen molar-refractivity contribution >= 4 is 5.97 Å². The number of esters is 1. The Kier molecular flexibility index (Phi) is 5.72. The van der Waals surface area contributed by atoms with Crippen molar-refractivity contribution in [2.45, 2.75) is 51.2 Å². The highest BCUT2D eigenvalue weighted by Crippen LogP contribution is 2.17. The van der Waals surface area contributed by atoms with E-state index in [0.717, 1.165) is 19.3 Å². The summed E-state index contributed by atoms with van der Waals surface area (Å²) < 4.78 is 4.39. The van der Waals surface area contributed by atoms with E-state index < -0.39 is 17.7 Å². The van der Waals surface area contributed by atoms with Crippen molar-refractivity contribution in [3.05, 3.63) is 0 Å². The van der Waals surface area contributed by atoms with E-state index in [9.17, 15) is 15.0 Å². The molecule has 0 aliphatic carbocycles. The zero-order chi connectivity index (χ0) is 11.2. The largest absolute Gasteiger partial charge is 0.467 e. The van der Waals surface area contributed by atoms with E-state index in [2.05, 4.69) is 4.74 Å². The Morgan fingerprint density at radius 2 is 2.07 bits per heavy atom. The quantitative estimate of drug-likeness (QED) is 0.497. The minimum atomic E-state index is -1.79. The number of carbonyl (C=O) groups is 1. The summed E-state index contributed by atoms with van der Waals surface area (Å²) in [5.74, 6) is -0.790. The highest BCUT2D eigenvalue weighted by atomic mass is 16.5. The van der Waals surface area contributed by atoms with Gasteiger partial charge in [0.25, 0.3) is 0 Å². The van der Waals surface area contributed by atoms with Crippen molar-refractivity contribution in [3.8, 4) is 0 Å². The lowest BCUT2D eigenvalue weighted by Gasteiger charge is -2.25. The molecule has 0 fully saturated rings. The van der Waals surface area contributed by atoms with Crippen molar-refractivity contribution in [3.63, 3.8) is 0 Å². The SMILES string of the molecule is CCCCC[C@H](O)[C@@](C)(O)C(=O)OC. The van der Waals surface area contributed by atoms with E-state index >= 15 is 0 Å². The van der Waals surface area contributed by atoms with Gasteiger partial charge in [-0.2, -0.15) is 0 Å². The van der Waals surface area contributed by atoms with E-state index in [-0.39, 0.29) is 0 Å². The van der Waals surface area contributed by atoms with Crippen molar-refractivity contribution in [2.24, 2.45) is 0 Å². The zero-order valence-electron chi connectivity index (χ0n) is 9.12. The average Bonchev–Trinajstić information content (AvgIpc) is 2.16. The summed E-state index contributed by atoms with van der Waals surface area (Å²) >= 11 is 0. The first-order chi connectivity index (χ1) is 6.46. The van der Waals surface area contributed by atoms with Gasteiger partial charge in [0.2, 0.25) is 0 Å². The van der Waals surface area contributed by atoms with E-state index in [1.54, 1.807) is 0 Å². The molecule has 0 aromatic heterocycles. The van der Waals surface area contributed by atoms with Gasteiger partial charge in [0.1, 0.15) is 0 Å². The van der Waals surface area contributed by atoms with Crippen LogP contribution in [0.3, 0.4) is 0 Å². The normalized spacial score (nSPS) is 17.2. The lowest BCUT2D eigenvalue weighted by Crippen LogP contribution is -2.47. The van der Waals surface area contributed by atoms with Crippen LogP contribution < -0.4 is 0 Å². The fraction of sp³-hybridized carbons (Fsp3) is 0.900. The number of aliphatic hydroxyl groups is 2. The number of aliphatic hydroxyl groups excluding tert-OH is 1. The molecule has 2 atom stereocenters. The molecule has 4 heteroatoms. The summed E-state index contributed by atoms with van der Waals surface area (Å²) in [7, 11) is 1.19. The molecule has 0 aromatic carbocycles. The average molecular weight is 204 g/mol. The van der Waals surface area contributed by atoms with Gasteiger partial charge in [-0.1, -0.05) is 26.2 Å². The molecule has 0 bridgehead atoms. The molecule has 0 unspecified atom stereocenters. The van der Waals surface area contributed by atoms with Crippen molar-refractivity contribution in [1.82, 2.24) is 0 Å². The molecule has 0 spiro atoms. The van der Waals surface area contributed by atoms with Crippen LogP contribution in [-0.4, -0.2) is 35.0 Å². The molecular formula is C10H20O4. The maximum absolute atomic E-state index is 11.1. The monoisotopic (exact) mass is 204 g/mol. The molecule has 0 aliphatic heterocycles. The van der Waals surface area contributed by atoms with E-state index in [1.807, 2.05) is 6.92 Å². The second-order valence-corrected chi connectivity index (χ2v) is 3.65. The fourth-order valence-electron chi connectivity index (χ4n) is 1.21. The number of carbonyl (C=O) groups excluding carboxylic acids is 1. The number of hydrogen-bond acceptors (Lipinski definition) is 4. The van der Waals surface area contributed by atoms with Crippen LogP contribution in [0.2, 0.25) is 0 Å². The lowest BCUT2D eigenvalue weighted by molar-refractivity contribution is -0.172. The number of rotatable bonds is 6. The fourth-order valence-corrected chi connectivity index (χ4v) is 1.21. The summed E-state index contributed by atoms with van der Waals surface area (Å²) in [5.41, 5.74) is -1.79. The van der Waals surface area contributed by atoms with Crippen molar-refractivity contribution < 1.29 is 19.7 Å². The molecule has 14 heavy (non-hydrogen) atoms. The second-order valence-electron chi connectivity index (χ2n) is 3.65. The first-order valence-corrected chi connectivity index (χ1v) is 4.95. The predicted molar refractivity (Wildman–Crippen MR) is 52.8 cm³/mol. The molecule has 0 saturated carbocycles. The van der Waals surface area contributed by atoms with Gasteiger partial charge in [-0.3, -0.25) is 0 Å². The Hall–Kier alpha value is -0.610. The number of hydrogen-bond donors (Lipinski definition) is 2. The van der Waals surface area contributed by atoms with Gasteiger partial charge < -0.3 is 14.9 Å². The Labute approximate surface area is 84.9 Å². The zero-order valence-corrected chi connectivity index (χ0v) is 9.12. The van der Waals surface area contributed by atoms with Gasteiger partial charge in [-0.15, -0.1) is 0 Å². The third-order valence-electron chi connectivity index (χ3n) is 2.33. The van der Waals surface area contributed by atoms with Crippen molar-refractivity contribution in [1.29, 1.82) is 0 Å². The Balaban J connectivity index is 4.07. The molecule has 0 heterocycles. The maximum atomic E-state index is 11.1. The highest BCUT2D eigenvalue weighted by Gasteiger charge is 2.38. The van der Waals surface area contributed by atoms with E-state index in [4.69, 9.17) is 0 Å². The van der Waals surface area contributed by atoms with Gasteiger partial charge >= 0.3 is 5.97 Å². The van der Waals surface area contributed by atoms with Crippen LogP contribution in [0, 0.1) is 0 Å². The molecule has 0 saturated heterocycles. The minimum Gasteiger partial charge on any atom is -0.467 e. The third-order valence-corrected chi connectivity index (χ3v) is 2.33. The molecular weight excluding hydrogens is 184 g/mol. The van der Waals surface area contributed by atoms with Crippen LogP contribution in [0.25, 0.3) is 0 Å². The van der Waals surface area contributed by atoms with E-state index in [1.165, 1.54) is 14.0 Å². The molecule has 84 valence electrons. The van der Waals surface area contributed by atoms with Crippen molar-refractivity contribution in [2.75, 3.05) is 7.11 Å². The van der Waals surface area contributed by atoms with Gasteiger partial charge in [0.05, 0.1) is 13.2 Å². The van der Waals surface area contributed by atoms with Crippen LogP contribution in [-0.2, 0) is 9.53 Å². The molecule has 0 aliphatic rings. The standard InChI is InChI=1S/C10H20O4/c1-4-5-6-7-8(11)10(2,13)9(12)14-3/h8,11,13H,4-7H2,1-3H3/t8-,10+/m0/s1. The minimum absolute atomic E-state index is 0.413. The Morgan fingerprint density at radius 3 is 2.50 bits per heavy atom. The smallest absolute Gasteiger partial charge is 0.340 e. The second kappa shape index (κ2) is 5.98. The molecule has 4 nitrogen and oxygen atoms in total. The van der Waals surface area contributed by atoms with Gasteiger partial charge in [-0.25, -0.2) is 4.79 Å². The highest BCUT2D eigenvalue weighted by molar-refractivity contribution is 5.79. The van der Waals surface area contributed by atoms with E-state index in [0.29, 0.717) is 6.42 Å². The Bertz CT molecular complexity index is 177. The first kappa shape index (κ1) is 13.4. The predicted octanol–water partition coefficient (Wildman–Crippen LogP) is 0.852. The summed E-state index contributed by atoms with van der Waals surface area (Å²) in [6.07, 6.45) is 2.17. The van der Waals surface area contributed by atoms with Crippen LogP contribution in [0.5, 0.6) is 0 Å². The summed E-state index contributed by atoms with van der Waals surface area (Å²) in [6, 6.07) is 0.